The Hall–Kier alpha value is -1.56. The van der Waals surface area contributed by atoms with E-state index in [1.807, 2.05) is 0 Å². The number of nitrogens with zero attached hydrogens (tertiary/aromatic N) is 1. The van der Waals surface area contributed by atoms with Gasteiger partial charge in [-0.05, 0) is 50.2 Å². The van der Waals surface area contributed by atoms with Crippen molar-refractivity contribution in [3.8, 4) is 0 Å². The SMILES string of the molecule is O=C(CN1CCCCC1)Nc1ccc(C(F)(F)F)cc1. The third kappa shape index (κ3) is 4.23. The summed E-state index contributed by atoms with van der Waals surface area (Å²) in [6.07, 6.45) is -0.978. The van der Waals surface area contributed by atoms with Gasteiger partial charge in [0.05, 0.1) is 12.1 Å². The molecule has 1 aromatic rings. The molecular formula is C14H17F3N2O. The van der Waals surface area contributed by atoms with E-state index < -0.39 is 11.7 Å². The molecule has 0 aromatic heterocycles. The van der Waals surface area contributed by atoms with Gasteiger partial charge in [-0.3, -0.25) is 9.69 Å². The van der Waals surface area contributed by atoms with Crippen LogP contribution >= 0.6 is 0 Å². The van der Waals surface area contributed by atoms with Crippen LogP contribution in [0.15, 0.2) is 24.3 Å². The van der Waals surface area contributed by atoms with E-state index in [0.29, 0.717) is 12.2 Å². The molecule has 0 atom stereocenters. The van der Waals surface area contributed by atoms with Crippen molar-refractivity contribution >= 4 is 11.6 Å². The highest BCUT2D eigenvalue weighted by Gasteiger charge is 2.30. The van der Waals surface area contributed by atoms with Crippen molar-refractivity contribution < 1.29 is 18.0 Å². The summed E-state index contributed by atoms with van der Waals surface area (Å²) in [5.74, 6) is -0.188. The molecule has 1 fully saturated rings. The van der Waals surface area contributed by atoms with Crippen molar-refractivity contribution in [3.05, 3.63) is 29.8 Å². The quantitative estimate of drug-likeness (QED) is 0.926. The van der Waals surface area contributed by atoms with Crippen molar-refractivity contribution in [1.82, 2.24) is 4.90 Å². The zero-order valence-corrected chi connectivity index (χ0v) is 11.0. The van der Waals surface area contributed by atoms with Crippen LogP contribution in [-0.2, 0) is 11.0 Å². The van der Waals surface area contributed by atoms with E-state index in [2.05, 4.69) is 10.2 Å². The van der Waals surface area contributed by atoms with Crippen LogP contribution in [0.1, 0.15) is 24.8 Å². The topological polar surface area (TPSA) is 32.3 Å². The Morgan fingerprint density at radius 1 is 1.10 bits per heavy atom. The van der Waals surface area contributed by atoms with E-state index in [0.717, 1.165) is 38.1 Å². The summed E-state index contributed by atoms with van der Waals surface area (Å²) in [4.78, 5) is 13.8. The molecule has 1 heterocycles. The molecule has 3 nitrogen and oxygen atoms in total. The first-order valence-corrected chi connectivity index (χ1v) is 6.64. The minimum absolute atomic E-state index is 0.188. The predicted molar refractivity (Wildman–Crippen MR) is 70.4 cm³/mol. The number of amides is 1. The first kappa shape index (κ1) is 14.8. The molecule has 1 aromatic carbocycles. The maximum absolute atomic E-state index is 12.4. The van der Waals surface area contributed by atoms with Crippen LogP contribution in [0.5, 0.6) is 0 Å². The average molecular weight is 286 g/mol. The van der Waals surface area contributed by atoms with Crippen molar-refractivity contribution in [3.63, 3.8) is 0 Å². The number of anilines is 1. The van der Waals surface area contributed by atoms with Gasteiger partial charge in [-0.25, -0.2) is 0 Å². The minimum Gasteiger partial charge on any atom is -0.325 e. The van der Waals surface area contributed by atoms with Crippen LogP contribution in [0.3, 0.4) is 0 Å². The Morgan fingerprint density at radius 3 is 2.25 bits per heavy atom. The number of likely N-dealkylation sites (tertiary alicyclic amines) is 1. The van der Waals surface area contributed by atoms with E-state index >= 15 is 0 Å². The third-order valence-corrected chi connectivity index (χ3v) is 3.31. The summed E-state index contributed by atoms with van der Waals surface area (Å²) in [6, 6.07) is 4.49. The highest BCUT2D eigenvalue weighted by molar-refractivity contribution is 5.92. The van der Waals surface area contributed by atoms with E-state index in [9.17, 15) is 18.0 Å². The minimum atomic E-state index is -4.35. The van der Waals surface area contributed by atoms with E-state index in [4.69, 9.17) is 0 Å². The van der Waals surface area contributed by atoms with Gasteiger partial charge >= 0.3 is 6.18 Å². The zero-order chi connectivity index (χ0) is 14.6. The summed E-state index contributed by atoms with van der Waals surface area (Å²) >= 11 is 0. The second kappa shape index (κ2) is 6.26. The number of alkyl halides is 3. The zero-order valence-electron chi connectivity index (χ0n) is 11.0. The Balaban J connectivity index is 1.87. The maximum Gasteiger partial charge on any atom is 0.416 e. The molecule has 0 bridgehead atoms. The van der Waals surface area contributed by atoms with Crippen LogP contribution in [0.2, 0.25) is 0 Å². The Labute approximate surface area is 115 Å². The highest BCUT2D eigenvalue weighted by atomic mass is 19.4. The smallest absolute Gasteiger partial charge is 0.325 e. The molecule has 20 heavy (non-hydrogen) atoms. The second-order valence-corrected chi connectivity index (χ2v) is 4.96. The van der Waals surface area contributed by atoms with Crippen LogP contribution in [0, 0.1) is 0 Å². The van der Waals surface area contributed by atoms with Crippen molar-refractivity contribution in [2.45, 2.75) is 25.4 Å². The van der Waals surface area contributed by atoms with Gasteiger partial charge in [0.2, 0.25) is 5.91 Å². The molecule has 0 saturated carbocycles. The Morgan fingerprint density at radius 2 is 1.70 bits per heavy atom. The number of halogens is 3. The predicted octanol–water partition coefficient (Wildman–Crippen LogP) is 3.13. The summed E-state index contributed by atoms with van der Waals surface area (Å²) in [5.41, 5.74) is -0.327. The second-order valence-electron chi connectivity index (χ2n) is 4.96. The van der Waals surface area contributed by atoms with Crippen molar-refractivity contribution in [2.75, 3.05) is 25.0 Å². The van der Waals surface area contributed by atoms with Crippen molar-refractivity contribution in [1.29, 1.82) is 0 Å². The molecule has 110 valence electrons. The van der Waals surface area contributed by atoms with Gasteiger partial charge in [-0.2, -0.15) is 13.2 Å². The fraction of sp³-hybridized carbons (Fsp3) is 0.500. The van der Waals surface area contributed by atoms with E-state index in [1.54, 1.807) is 0 Å². The molecule has 1 amide bonds. The third-order valence-electron chi connectivity index (χ3n) is 3.31. The number of piperidine rings is 1. The first-order chi connectivity index (χ1) is 9.45. The summed E-state index contributed by atoms with van der Waals surface area (Å²) in [6.45, 7) is 2.10. The van der Waals surface area contributed by atoms with Crippen molar-refractivity contribution in [2.24, 2.45) is 0 Å². The monoisotopic (exact) mass is 286 g/mol. The Bertz CT molecular complexity index is 450. The Kier molecular flexibility index (Phi) is 4.65. The molecule has 1 N–H and O–H groups in total. The standard InChI is InChI=1S/C14H17F3N2O/c15-14(16,17)11-4-6-12(7-5-11)18-13(20)10-19-8-2-1-3-9-19/h4-7H,1-3,8-10H2,(H,18,20). The fourth-order valence-electron chi connectivity index (χ4n) is 2.26. The van der Waals surface area contributed by atoms with Gasteiger partial charge in [0, 0.05) is 5.69 Å². The lowest BCUT2D eigenvalue weighted by molar-refractivity contribution is -0.137. The number of benzene rings is 1. The summed E-state index contributed by atoms with van der Waals surface area (Å²) < 4.78 is 37.2. The van der Waals surface area contributed by atoms with E-state index in [1.165, 1.54) is 18.6 Å². The van der Waals surface area contributed by atoms with Crippen LogP contribution in [0.25, 0.3) is 0 Å². The van der Waals surface area contributed by atoms with Gasteiger partial charge in [0.25, 0.3) is 0 Å². The number of rotatable bonds is 3. The molecule has 0 unspecified atom stereocenters. The molecule has 0 spiro atoms. The molecule has 0 radical (unpaired) electrons. The lowest BCUT2D eigenvalue weighted by Crippen LogP contribution is -2.36. The van der Waals surface area contributed by atoms with Crippen LogP contribution < -0.4 is 5.32 Å². The number of carbonyl (C=O) groups excluding carboxylic acids is 1. The number of hydrogen-bond acceptors (Lipinski definition) is 2. The van der Waals surface area contributed by atoms with Gasteiger partial charge in [-0.15, -0.1) is 0 Å². The average Bonchev–Trinajstić information content (AvgIpc) is 2.39. The van der Waals surface area contributed by atoms with E-state index in [-0.39, 0.29) is 5.91 Å². The van der Waals surface area contributed by atoms with Gasteiger partial charge in [0.15, 0.2) is 0 Å². The number of carbonyl (C=O) groups is 1. The molecule has 6 heteroatoms. The normalized spacial score (nSPS) is 16.9. The lowest BCUT2D eigenvalue weighted by atomic mass is 10.1. The highest BCUT2D eigenvalue weighted by Crippen LogP contribution is 2.29. The molecule has 1 saturated heterocycles. The largest absolute Gasteiger partial charge is 0.416 e. The van der Waals surface area contributed by atoms with Crippen LogP contribution in [0.4, 0.5) is 18.9 Å². The first-order valence-electron chi connectivity index (χ1n) is 6.64. The summed E-state index contributed by atoms with van der Waals surface area (Å²) in [5, 5.41) is 2.62. The molecule has 0 aliphatic carbocycles. The molecular weight excluding hydrogens is 269 g/mol. The maximum atomic E-state index is 12.4. The summed E-state index contributed by atoms with van der Waals surface area (Å²) in [7, 11) is 0. The van der Waals surface area contributed by atoms with Gasteiger partial charge in [0.1, 0.15) is 0 Å². The lowest BCUT2D eigenvalue weighted by Gasteiger charge is -2.25. The van der Waals surface area contributed by atoms with Gasteiger partial charge in [-0.1, -0.05) is 6.42 Å². The van der Waals surface area contributed by atoms with Gasteiger partial charge < -0.3 is 5.32 Å². The molecule has 1 aliphatic heterocycles. The molecule has 2 rings (SSSR count). The molecule has 1 aliphatic rings. The fourth-order valence-corrected chi connectivity index (χ4v) is 2.26. The number of hydrogen-bond donors (Lipinski definition) is 1. The van der Waals surface area contributed by atoms with Crippen LogP contribution in [-0.4, -0.2) is 30.4 Å². The number of nitrogens with one attached hydrogen (secondary N) is 1.